The molecule has 0 bridgehead atoms. The van der Waals surface area contributed by atoms with Crippen LogP contribution in [0.3, 0.4) is 0 Å². The van der Waals surface area contributed by atoms with Crippen LogP contribution in [0.15, 0.2) is 47.5 Å². The van der Waals surface area contributed by atoms with Gasteiger partial charge < -0.3 is 9.84 Å². The average Bonchev–Trinajstić information content (AvgIpc) is 2.82. The first-order chi connectivity index (χ1) is 17.4. The van der Waals surface area contributed by atoms with E-state index in [-0.39, 0.29) is 33.8 Å². The molecule has 11 heteroatoms. The summed E-state index contributed by atoms with van der Waals surface area (Å²) >= 11 is 12.8. The summed E-state index contributed by atoms with van der Waals surface area (Å²) in [5.41, 5.74) is 0.509. The Hall–Kier alpha value is -3.40. The van der Waals surface area contributed by atoms with Gasteiger partial charge in [0.1, 0.15) is 34.6 Å². The molecule has 1 aromatic carbocycles. The number of nitrogens with zero attached hydrogens (tertiary/aromatic N) is 4. The first kappa shape index (κ1) is 26.7. The summed E-state index contributed by atoms with van der Waals surface area (Å²) in [4.78, 5) is 26.3. The maximum absolute atomic E-state index is 14.0. The van der Waals surface area contributed by atoms with Crippen LogP contribution in [-0.2, 0) is 12.2 Å². The lowest BCUT2D eigenvalue weighted by molar-refractivity contribution is 0.0688. The Morgan fingerprint density at radius 1 is 1.08 bits per heavy atom. The molecule has 1 N–H and O–H groups in total. The molecule has 0 aliphatic rings. The van der Waals surface area contributed by atoms with E-state index in [1.165, 1.54) is 22.9 Å². The second kappa shape index (κ2) is 10.2. The maximum atomic E-state index is 14.0. The number of aryl methyl sites for hydroxylation is 2. The molecule has 0 amide bonds. The van der Waals surface area contributed by atoms with Crippen molar-refractivity contribution in [3.63, 3.8) is 0 Å². The molecule has 0 radical (unpaired) electrons. The summed E-state index contributed by atoms with van der Waals surface area (Å²) in [6, 6.07) is 6.22. The van der Waals surface area contributed by atoms with Crippen LogP contribution in [-0.4, -0.2) is 24.6 Å². The number of hydrogen-bond acceptors (Lipinski definition) is 6. The predicted octanol–water partition coefficient (Wildman–Crippen LogP) is 5.70. The van der Waals surface area contributed by atoms with Crippen molar-refractivity contribution < 1.29 is 18.6 Å². The Morgan fingerprint density at radius 2 is 1.81 bits per heavy atom. The fraction of sp³-hybridized carbons (Fsp3) is 0.231. The van der Waals surface area contributed by atoms with Gasteiger partial charge in [0, 0.05) is 35.8 Å². The third kappa shape index (κ3) is 5.49. The Kier molecular flexibility index (Phi) is 7.32. The van der Waals surface area contributed by atoms with E-state index in [2.05, 4.69) is 15.0 Å². The standard InChI is InChI=1S/C26H22Cl2F2N4O3/c1-13-10-32-25(26(3,4)36)33-23(13)19-9-20(17(27)11-31-19)34-14(2)7-21(22(28)24(34)35)37-12-15-5-6-16(29)8-18(15)30/h5-11,36H,12H2,1-4H3. The monoisotopic (exact) mass is 546 g/mol. The highest BCUT2D eigenvalue weighted by Crippen LogP contribution is 2.30. The van der Waals surface area contributed by atoms with Crippen LogP contribution in [0.25, 0.3) is 17.1 Å². The SMILES string of the molecule is Cc1cnc(C(C)(C)O)nc1-c1cc(-n2c(C)cc(OCc3ccc(F)cc3F)c(Cl)c2=O)c(Cl)cn1. The minimum Gasteiger partial charge on any atom is -0.487 e. The zero-order chi connectivity index (χ0) is 27.1. The minimum absolute atomic E-state index is 0.0380. The van der Waals surface area contributed by atoms with E-state index in [1.807, 2.05) is 0 Å². The highest BCUT2D eigenvalue weighted by molar-refractivity contribution is 6.33. The van der Waals surface area contributed by atoms with Gasteiger partial charge in [0.05, 0.1) is 22.1 Å². The van der Waals surface area contributed by atoms with Crippen LogP contribution in [0.5, 0.6) is 5.75 Å². The van der Waals surface area contributed by atoms with Gasteiger partial charge in [-0.3, -0.25) is 14.3 Å². The third-order valence-corrected chi connectivity index (χ3v) is 6.17. The molecule has 0 atom stereocenters. The van der Waals surface area contributed by atoms with Gasteiger partial charge >= 0.3 is 0 Å². The van der Waals surface area contributed by atoms with Gasteiger partial charge in [-0.2, -0.15) is 0 Å². The molecule has 3 aromatic heterocycles. The number of rotatable bonds is 6. The molecule has 37 heavy (non-hydrogen) atoms. The van der Waals surface area contributed by atoms with Gasteiger partial charge in [0.25, 0.3) is 5.56 Å². The van der Waals surface area contributed by atoms with Gasteiger partial charge in [-0.05, 0) is 51.5 Å². The second-order valence-electron chi connectivity index (χ2n) is 8.93. The molecule has 0 aliphatic carbocycles. The average molecular weight is 547 g/mol. The van der Waals surface area contributed by atoms with Crippen LogP contribution >= 0.6 is 23.2 Å². The van der Waals surface area contributed by atoms with E-state index in [0.29, 0.717) is 28.3 Å². The molecule has 192 valence electrons. The van der Waals surface area contributed by atoms with Gasteiger partial charge in [-0.15, -0.1) is 0 Å². The zero-order valence-corrected chi connectivity index (χ0v) is 21.8. The number of benzene rings is 1. The van der Waals surface area contributed by atoms with Crippen molar-refractivity contribution in [3.8, 4) is 22.8 Å². The number of hydrogen-bond donors (Lipinski definition) is 1. The molecule has 0 saturated heterocycles. The fourth-order valence-electron chi connectivity index (χ4n) is 3.61. The summed E-state index contributed by atoms with van der Waals surface area (Å²) in [5.74, 6) is -1.23. The quantitative estimate of drug-likeness (QED) is 0.333. The van der Waals surface area contributed by atoms with Crippen LogP contribution in [0.2, 0.25) is 10.0 Å². The fourth-order valence-corrected chi connectivity index (χ4v) is 3.99. The van der Waals surface area contributed by atoms with Crippen molar-refractivity contribution >= 4 is 23.2 Å². The van der Waals surface area contributed by atoms with Crippen molar-refractivity contribution in [2.24, 2.45) is 0 Å². The van der Waals surface area contributed by atoms with Crippen LogP contribution in [0.1, 0.15) is 36.5 Å². The van der Waals surface area contributed by atoms with Gasteiger partial charge in [-0.25, -0.2) is 18.7 Å². The van der Waals surface area contributed by atoms with Gasteiger partial charge in [-0.1, -0.05) is 23.2 Å². The number of ether oxygens (including phenoxy) is 1. The minimum atomic E-state index is -1.27. The van der Waals surface area contributed by atoms with E-state index in [0.717, 1.165) is 12.1 Å². The first-order valence-corrected chi connectivity index (χ1v) is 11.8. The van der Waals surface area contributed by atoms with Crippen molar-refractivity contribution in [2.75, 3.05) is 0 Å². The molecule has 0 fully saturated rings. The summed E-state index contributed by atoms with van der Waals surface area (Å²) in [6.07, 6.45) is 2.97. The second-order valence-corrected chi connectivity index (χ2v) is 9.72. The Bertz CT molecular complexity index is 1570. The summed E-state index contributed by atoms with van der Waals surface area (Å²) in [6.45, 7) is 6.33. The molecular weight excluding hydrogens is 525 g/mol. The predicted molar refractivity (Wildman–Crippen MR) is 136 cm³/mol. The van der Waals surface area contributed by atoms with Crippen LogP contribution < -0.4 is 10.3 Å². The number of aromatic nitrogens is 4. The van der Waals surface area contributed by atoms with E-state index in [1.54, 1.807) is 40.0 Å². The van der Waals surface area contributed by atoms with Crippen molar-refractivity contribution in [1.82, 2.24) is 19.5 Å². The van der Waals surface area contributed by atoms with E-state index in [9.17, 15) is 18.7 Å². The van der Waals surface area contributed by atoms with Crippen molar-refractivity contribution in [3.05, 3.63) is 97.4 Å². The molecule has 0 unspecified atom stereocenters. The first-order valence-electron chi connectivity index (χ1n) is 11.1. The summed E-state index contributed by atoms with van der Waals surface area (Å²) in [5, 5.41) is 10.3. The lowest BCUT2D eigenvalue weighted by atomic mass is 10.1. The Balaban J connectivity index is 1.75. The highest BCUT2D eigenvalue weighted by Gasteiger charge is 2.23. The van der Waals surface area contributed by atoms with Crippen LogP contribution in [0.4, 0.5) is 8.78 Å². The molecule has 0 saturated carbocycles. The van der Waals surface area contributed by atoms with Crippen molar-refractivity contribution in [2.45, 2.75) is 39.9 Å². The number of pyridine rings is 2. The Morgan fingerprint density at radius 3 is 2.49 bits per heavy atom. The summed E-state index contributed by atoms with van der Waals surface area (Å²) < 4.78 is 34.0. The van der Waals surface area contributed by atoms with Crippen LogP contribution in [0, 0.1) is 25.5 Å². The topological polar surface area (TPSA) is 90.1 Å². The van der Waals surface area contributed by atoms with Gasteiger partial charge in [0.15, 0.2) is 5.82 Å². The van der Waals surface area contributed by atoms with E-state index < -0.39 is 22.8 Å². The number of halogens is 4. The molecule has 4 rings (SSSR count). The molecule has 4 aromatic rings. The Labute approximate surface area is 221 Å². The molecule has 3 heterocycles. The smallest absolute Gasteiger partial charge is 0.277 e. The number of aliphatic hydroxyl groups is 1. The molecule has 0 spiro atoms. The molecular formula is C26H22Cl2F2N4O3. The summed E-state index contributed by atoms with van der Waals surface area (Å²) in [7, 11) is 0. The van der Waals surface area contributed by atoms with E-state index in [4.69, 9.17) is 27.9 Å². The molecule has 0 aliphatic heterocycles. The highest BCUT2D eigenvalue weighted by atomic mass is 35.5. The zero-order valence-electron chi connectivity index (χ0n) is 20.3. The lowest BCUT2D eigenvalue weighted by Crippen LogP contribution is -2.22. The van der Waals surface area contributed by atoms with Gasteiger partial charge in [0.2, 0.25) is 0 Å². The maximum Gasteiger partial charge on any atom is 0.277 e. The largest absolute Gasteiger partial charge is 0.487 e. The third-order valence-electron chi connectivity index (χ3n) is 5.54. The van der Waals surface area contributed by atoms with E-state index >= 15 is 0 Å². The molecule has 7 nitrogen and oxygen atoms in total. The normalized spacial score (nSPS) is 11.6. The van der Waals surface area contributed by atoms with Crippen molar-refractivity contribution in [1.29, 1.82) is 0 Å². The lowest BCUT2D eigenvalue weighted by Gasteiger charge is -2.18.